The topological polar surface area (TPSA) is 61.1 Å². The number of aryl methyl sites for hydroxylation is 1. The quantitative estimate of drug-likeness (QED) is 0.932. The van der Waals surface area contributed by atoms with Gasteiger partial charge in [0.05, 0.1) is 17.2 Å². The molecule has 1 N–H and O–H groups in total. The van der Waals surface area contributed by atoms with E-state index >= 15 is 0 Å². The summed E-state index contributed by atoms with van der Waals surface area (Å²) < 4.78 is 0. The Labute approximate surface area is 129 Å². The zero-order valence-electron chi connectivity index (χ0n) is 12.2. The Morgan fingerprint density at radius 2 is 1.86 bits per heavy atom. The van der Waals surface area contributed by atoms with E-state index in [9.17, 15) is 9.90 Å². The number of aliphatic carboxylic acids is 1. The smallest absolute Gasteiger partial charge is 0.332 e. The predicted octanol–water partition coefficient (Wildman–Crippen LogP) is 3.76. The molecule has 0 bridgehead atoms. The van der Waals surface area contributed by atoms with Gasteiger partial charge in [0.15, 0.2) is 0 Å². The first-order valence-electron chi connectivity index (χ1n) is 7.23. The van der Waals surface area contributed by atoms with Crippen LogP contribution in [0.5, 0.6) is 0 Å². The van der Waals surface area contributed by atoms with E-state index in [2.05, 4.69) is 13.0 Å². The second-order valence-electron chi connectivity index (χ2n) is 5.31. The van der Waals surface area contributed by atoms with Gasteiger partial charge in [-0.05, 0) is 40.8 Å². The van der Waals surface area contributed by atoms with Gasteiger partial charge in [-0.2, -0.15) is 5.26 Å². The number of carboxylic acids is 1. The zero-order valence-corrected chi connectivity index (χ0v) is 12.2. The molecule has 1 aliphatic carbocycles. The number of benzene rings is 2. The van der Waals surface area contributed by atoms with Gasteiger partial charge in [0, 0.05) is 5.92 Å². The van der Waals surface area contributed by atoms with Crippen LogP contribution in [0.15, 0.2) is 54.1 Å². The van der Waals surface area contributed by atoms with E-state index in [1.807, 2.05) is 36.4 Å². The molecule has 3 heteroatoms. The first-order chi connectivity index (χ1) is 10.7. The fraction of sp³-hybridized carbons (Fsp3) is 0.158. The van der Waals surface area contributed by atoms with Gasteiger partial charge in [-0.15, -0.1) is 0 Å². The van der Waals surface area contributed by atoms with Crippen molar-refractivity contribution in [1.29, 1.82) is 5.26 Å². The third-order valence-corrected chi connectivity index (χ3v) is 4.08. The van der Waals surface area contributed by atoms with Gasteiger partial charge in [-0.3, -0.25) is 0 Å². The van der Waals surface area contributed by atoms with Crippen molar-refractivity contribution in [3.63, 3.8) is 0 Å². The molecule has 3 nitrogen and oxygen atoms in total. The lowest BCUT2D eigenvalue weighted by Crippen LogP contribution is -1.94. The summed E-state index contributed by atoms with van der Waals surface area (Å²) in [5.41, 5.74) is 5.05. The second-order valence-corrected chi connectivity index (χ2v) is 5.31. The third kappa shape index (κ3) is 2.29. The summed E-state index contributed by atoms with van der Waals surface area (Å²) in [7, 11) is 0. The first kappa shape index (κ1) is 14.1. The van der Waals surface area contributed by atoms with E-state index < -0.39 is 5.97 Å². The van der Waals surface area contributed by atoms with Crippen LogP contribution in [-0.4, -0.2) is 11.1 Å². The number of hydrogen-bond donors (Lipinski definition) is 1. The maximum absolute atomic E-state index is 11.5. The summed E-state index contributed by atoms with van der Waals surface area (Å²) in [4.78, 5) is 11.5. The summed E-state index contributed by atoms with van der Waals surface area (Å²) in [5.74, 6) is -1.03. The maximum Gasteiger partial charge on any atom is 0.332 e. The summed E-state index contributed by atoms with van der Waals surface area (Å²) in [6.07, 6.45) is 0.868. The molecule has 1 atom stereocenters. The van der Waals surface area contributed by atoms with Gasteiger partial charge in [0.25, 0.3) is 0 Å². The van der Waals surface area contributed by atoms with Crippen LogP contribution >= 0.6 is 0 Å². The van der Waals surface area contributed by atoms with Crippen LogP contribution in [0.25, 0.3) is 5.57 Å². The van der Waals surface area contributed by atoms with Crippen molar-refractivity contribution in [2.75, 3.05) is 0 Å². The summed E-state index contributed by atoms with van der Waals surface area (Å²) in [6, 6.07) is 17.2. The normalized spacial score (nSPS) is 16.3. The Bertz CT molecular complexity index is 810. The fourth-order valence-corrected chi connectivity index (χ4v) is 2.94. The molecule has 2 aromatic carbocycles. The van der Waals surface area contributed by atoms with Gasteiger partial charge in [0.2, 0.25) is 0 Å². The molecule has 1 aliphatic rings. The Morgan fingerprint density at radius 1 is 1.18 bits per heavy atom. The Kier molecular flexibility index (Phi) is 3.52. The van der Waals surface area contributed by atoms with Crippen LogP contribution < -0.4 is 0 Å². The zero-order chi connectivity index (χ0) is 15.7. The van der Waals surface area contributed by atoms with Crippen molar-refractivity contribution in [1.82, 2.24) is 0 Å². The van der Waals surface area contributed by atoms with Gasteiger partial charge in [-0.1, -0.05) is 43.3 Å². The Balaban J connectivity index is 2.01. The third-order valence-electron chi connectivity index (χ3n) is 4.08. The number of carboxylic acid groups (broad SMARTS) is 1. The van der Waals surface area contributed by atoms with E-state index in [0.29, 0.717) is 11.1 Å². The highest BCUT2D eigenvalue weighted by Gasteiger charge is 2.43. The molecule has 0 fully saturated rings. The van der Waals surface area contributed by atoms with E-state index in [1.54, 1.807) is 12.1 Å². The summed E-state index contributed by atoms with van der Waals surface area (Å²) >= 11 is 0. The molecule has 22 heavy (non-hydrogen) atoms. The highest BCUT2D eigenvalue weighted by molar-refractivity contribution is 6.12. The average molecular weight is 289 g/mol. The van der Waals surface area contributed by atoms with Gasteiger partial charge in [-0.25, -0.2) is 4.79 Å². The van der Waals surface area contributed by atoms with Crippen molar-refractivity contribution in [3.8, 4) is 6.07 Å². The molecule has 0 aliphatic heterocycles. The van der Waals surface area contributed by atoms with Crippen molar-refractivity contribution < 1.29 is 9.90 Å². The fourth-order valence-electron chi connectivity index (χ4n) is 2.94. The van der Waals surface area contributed by atoms with Crippen molar-refractivity contribution in [2.24, 2.45) is 0 Å². The molecule has 3 rings (SSSR count). The van der Waals surface area contributed by atoms with E-state index in [1.165, 1.54) is 0 Å². The highest BCUT2D eigenvalue weighted by atomic mass is 16.4. The monoisotopic (exact) mass is 289 g/mol. The van der Waals surface area contributed by atoms with Crippen LogP contribution in [0.3, 0.4) is 0 Å². The largest absolute Gasteiger partial charge is 0.478 e. The van der Waals surface area contributed by atoms with Gasteiger partial charge < -0.3 is 5.11 Å². The van der Waals surface area contributed by atoms with Crippen LogP contribution in [0.2, 0.25) is 0 Å². The highest BCUT2D eigenvalue weighted by Crippen LogP contribution is 2.54. The van der Waals surface area contributed by atoms with Crippen LogP contribution in [0.4, 0.5) is 0 Å². The Hall–Kier alpha value is -2.86. The number of carbonyl (C=O) groups is 1. The SMILES string of the molecule is CCc1ccccc1C1=C(C(=O)O)C1c1ccc(C#N)cc1. The number of nitriles is 1. The standard InChI is InChI=1S/C19H15NO2/c1-2-13-5-3-4-6-15(13)17-16(18(17)19(21)22)14-9-7-12(11-20)8-10-14/h3-10,16H,2H2,1H3,(H,21,22). The Morgan fingerprint density at radius 3 is 2.45 bits per heavy atom. The molecule has 0 radical (unpaired) electrons. The number of nitrogens with zero attached hydrogens (tertiary/aromatic N) is 1. The lowest BCUT2D eigenvalue weighted by molar-refractivity contribution is -0.132. The van der Waals surface area contributed by atoms with Crippen LogP contribution in [-0.2, 0) is 11.2 Å². The van der Waals surface area contributed by atoms with E-state index in [-0.39, 0.29) is 5.92 Å². The molecule has 108 valence electrons. The first-order valence-corrected chi connectivity index (χ1v) is 7.23. The molecule has 1 unspecified atom stereocenters. The average Bonchev–Trinajstić information content (AvgIpc) is 3.30. The molecule has 0 spiro atoms. The molecule has 0 aromatic heterocycles. The maximum atomic E-state index is 11.5. The second kappa shape index (κ2) is 5.50. The van der Waals surface area contributed by atoms with Crippen molar-refractivity contribution in [2.45, 2.75) is 19.3 Å². The van der Waals surface area contributed by atoms with Crippen LogP contribution in [0, 0.1) is 11.3 Å². The molecule has 0 amide bonds. The molecular weight excluding hydrogens is 274 g/mol. The molecular formula is C19H15NO2. The number of rotatable bonds is 4. The van der Waals surface area contributed by atoms with E-state index in [0.717, 1.165) is 28.7 Å². The molecule has 0 saturated carbocycles. The van der Waals surface area contributed by atoms with E-state index in [4.69, 9.17) is 5.26 Å². The molecule has 0 heterocycles. The van der Waals surface area contributed by atoms with Crippen LogP contribution in [0.1, 0.15) is 35.1 Å². The lowest BCUT2D eigenvalue weighted by Gasteiger charge is -2.06. The minimum absolute atomic E-state index is 0.169. The van der Waals surface area contributed by atoms with Crippen molar-refractivity contribution in [3.05, 3.63) is 76.4 Å². The van der Waals surface area contributed by atoms with Gasteiger partial charge >= 0.3 is 5.97 Å². The molecule has 2 aromatic rings. The summed E-state index contributed by atoms with van der Waals surface area (Å²) in [6.45, 7) is 2.07. The minimum Gasteiger partial charge on any atom is -0.478 e. The number of hydrogen-bond acceptors (Lipinski definition) is 2. The number of allylic oxidation sites excluding steroid dienone is 1. The lowest BCUT2D eigenvalue weighted by atomic mass is 9.97. The van der Waals surface area contributed by atoms with Gasteiger partial charge in [0.1, 0.15) is 0 Å². The predicted molar refractivity (Wildman–Crippen MR) is 84.3 cm³/mol. The minimum atomic E-state index is -0.865. The van der Waals surface area contributed by atoms with Crippen molar-refractivity contribution >= 4 is 11.5 Å². The summed E-state index contributed by atoms with van der Waals surface area (Å²) in [5, 5.41) is 18.3. The molecule has 0 saturated heterocycles.